The number of benzene rings is 5. The number of aliphatic hydroxyl groups is 6. The fourth-order valence-corrected chi connectivity index (χ4v) is 15.0. The van der Waals surface area contributed by atoms with E-state index in [0.29, 0.717) is 44.2 Å². The van der Waals surface area contributed by atoms with Crippen molar-refractivity contribution < 1.29 is 45.0 Å². The molecule has 5 aromatic heterocycles. The zero-order chi connectivity index (χ0) is 66.3. The number of hydrogen-bond acceptors (Lipinski definition) is 15. The minimum absolute atomic E-state index is 0.0102. The first kappa shape index (κ1) is 69.4. The van der Waals surface area contributed by atoms with Gasteiger partial charge in [-0.2, -0.15) is 0 Å². The largest absolute Gasteiger partial charge is 0.508 e. The number of halogens is 1. The van der Waals surface area contributed by atoms with Crippen molar-refractivity contribution in [3.05, 3.63) is 318 Å². The third-order valence-electron chi connectivity index (χ3n) is 14.7. The van der Waals surface area contributed by atoms with Crippen LogP contribution in [-0.2, 0) is 6.42 Å². The Hall–Kier alpha value is -8.49. The van der Waals surface area contributed by atoms with Gasteiger partial charge < -0.3 is 36.4 Å². The predicted molar refractivity (Wildman–Crippen MR) is 386 cm³/mol. The van der Waals surface area contributed by atoms with Crippen LogP contribution in [0.1, 0.15) is 164 Å². The van der Waals surface area contributed by atoms with Crippen molar-refractivity contribution in [2.75, 3.05) is 14.1 Å². The van der Waals surface area contributed by atoms with Crippen molar-refractivity contribution in [2.24, 2.45) is 5.73 Å². The highest BCUT2D eigenvalue weighted by Crippen LogP contribution is 2.45. The molecule has 1 amide bonds. The maximum atomic E-state index is 12.3. The summed E-state index contributed by atoms with van der Waals surface area (Å²) < 4.78 is 1.13. The van der Waals surface area contributed by atoms with E-state index in [0.717, 1.165) is 57.2 Å². The fourth-order valence-electron chi connectivity index (χ4n) is 9.33. The summed E-state index contributed by atoms with van der Waals surface area (Å²) in [6.07, 6.45) is 5.23. The average molecular weight is 1380 g/mol. The highest BCUT2D eigenvalue weighted by molar-refractivity contribution is 9.11. The van der Waals surface area contributed by atoms with Gasteiger partial charge in [-0.15, -0.1) is 56.7 Å². The number of amides is 1. The molecule has 2 aliphatic carbocycles. The smallest absolute Gasteiger partial charge is 0.258 e. The first-order valence-electron chi connectivity index (χ1n) is 29.2. The predicted octanol–water partition coefficient (Wildman–Crippen LogP) is 20.1. The molecule has 2 unspecified atom stereocenters. The zero-order valence-corrected chi connectivity index (χ0v) is 56.7. The standard InChI is InChI=1S/C16H16O2S.C16H14O2S.C15H16BrNOS.C14H13NO2S.C14H12O2S/c2*1-10(17)11-2-6-13(7-3-11)16(18)15-9-8-14(19-15)12-4-5-12;1-10(18)11-4-6-12(7-5-11)15(17(2)3)13-8-9-14(16)19-13;1-9(16)11-4-2-10(3-5-11)8-12-6-7-13(18-12)14(15)17;1-9-3-8-13(17-9)14(16)12-6-4-11(5-7-12)10(2)15/h2-3,6-9,12,16-18H,1,4-5H2;2-3,6-9,12,17H,1,4-5H2;4-9,15,18H,1H2,2-3H3;2-7,16H,1,8H2,(H2,15,17);3-8,15H,2H2,1H3. The Labute approximate surface area is 565 Å². The lowest BCUT2D eigenvalue weighted by atomic mass is 10.0. The van der Waals surface area contributed by atoms with Gasteiger partial charge in [0.15, 0.2) is 0 Å². The molecule has 12 rings (SSSR count). The van der Waals surface area contributed by atoms with Crippen molar-refractivity contribution in [2.45, 2.75) is 63.0 Å². The SMILES string of the molecule is C=C(O)c1ccc(C(=O)c2ccc(C)s2)cc1.C=C(O)c1ccc(C(=O)c2ccc(C3CC3)s2)cc1.C=C(O)c1ccc(C(O)c2ccc(C3CC3)s2)cc1.C=C(O)c1ccc(C(c2ccc(Br)s2)N(C)C)cc1.C=C(O)c1ccc(Cc2ccc(C(N)=O)s2)cc1. The minimum atomic E-state index is -0.585. The second-order valence-electron chi connectivity index (χ2n) is 22.1. The van der Waals surface area contributed by atoms with E-state index in [9.17, 15) is 45.0 Å². The van der Waals surface area contributed by atoms with Gasteiger partial charge in [-0.3, -0.25) is 19.3 Å². The van der Waals surface area contributed by atoms with Crippen LogP contribution in [0.4, 0.5) is 0 Å². The van der Waals surface area contributed by atoms with Crippen molar-refractivity contribution in [1.82, 2.24) is 4.90 Å². The lowest BCUT2D eigenvalue weighted by molar-refractivity contribution is 0.100. The first-order chi connectivity index (χ1) is 43.9. The summed E-state index contributed by atoms with van der Waals surface area (Å²) in [7, 11) is 4.13. The van der Waals surface area contributed by atoms with Crippen LogP contribution in [0, 0.1) is 6.92 Å². The van der Waals surface area contributed by atoms with Gasteiger partial charge in [0.2, 0.25) is 11.6 Å². The van der Waals surface area contributed by atoms with E-state index < -0.39 is 12.0 Å². The van der Waals surface area contributed by atoms with E-state index in [1.807, 2.05) is 97.9 Å². The van der Waals surface area contributed by atoms with Crippen LogP contribution in [0.15, 0.2) is 219 Å². The van der Waals surface area contributed by atoms with Crippen molar-refractivity contribution >= 4 is 119 Å². The number of nitrogens with zero attached hydrogens (tertiary/aromatic N) is 1. The van der Waals surface area contributed by atoms with Crippen molar-refractivity contribution in [3.63, 3.8) is 0 Å². The molecule has 0 radical (unpaired) electrons. The number of carbonyl (C=O) groups excluding carboxylic acids is 3. The molecule has 2 fully saturated rings. The highest BCUT2D eigenvalue weighted by atomic mass is 79.9. The number of carbonyl (C=O) groups is 3. The van der Waals surface area contributed by atoms with Crippen LogP contribution in [0.2, 0.25) is 0 Å². The van der Waals surface area contributed by atoms with Crippen LogP contribution >= 0.6 is 72.6 Å². The Morgan fingerprint density at radius 1 is 0.467 bits per heavy atom. The molecule has 17 heteroatoms. The molecule has 0 bridgehead atoms. The number of aryl methyl sites for hydroxylation is 1. The summed E-state index contributed by atoms with van der Waals surface area (Å²) >= 11 is 11.4. The average Bonchev–Trinajstić information content (AvgIpc) is 1.72. The molecule has 10 aromatic rings. The van der Waals surface area contributed by atoms with Crippen LogP contribution in [-0.4, -0.2) is 67.1 Å². The molecule has 2 saturated carbocycles. The number of rotatable bonds is 19. The molecule has 2 aliphatic rings. The Morgan fingerprint density at radius 3 is 1.26 bits per heavy atom. The van der Waals surface area contributed by atoms with Gasteiger partial charge in [0.1, 0.15) is 34.9 Å². The topological polar surface area (TPSA) is 202 Å². The summed E-state index contributed by atoms with van der Waals surface area (Å²) in [5.74, 6) is 1.33. The quantitative estimate of drug-likeness (QED) is 0.0302. The molecule has 2 atom stereocenters. The van der Waals surface area contributed by atoms with Crippen LogP contribution in [0.5, 0.6) is 0 Å². The van der Waals surface area contributed by atoms with Crippen LogP contribution in [0.25, 0.3) is 28.8 Å². The molecular weight excluding hydrogens is 1310 g/mol. The number of thiophene rings is 5. The third kappa shape index (κ3) is 19.5. The molecule has 0 spiro atoms. The molecular formula is C75H71BrN2O9S5. The Balaban J connectivity index is 0.000000148. The minimum Gasteiger partial charge on any atom is -0.508 e. The van der Waals surface area contributed by atoms with Gasteiger partial charge >= 0.3 is 0 Å². The Kier molecular flexibility index (Phi) is 24.3. The second kappa shape index (κ2) is 32.2. The van der Waals surface area contributed by atoms with Gasteiger partial charge in [0.25, 0.3) is 5.91 Å². The second-order valence-corrected chi connectivity index (χ2v) is 29.3. The van der Waals surface area contributed by atoms with E-state index in [1.54, 1.807) is 101 Å². The molecule has 0 saturated heterocycles. The third-order valence-corrected chi connectivity index (χ3v) is 21.0. The zero-order valence-electron chi connectivity index (χ0n) is 51.1. The molecule has 5 aromatic carbocycles. The monoisotopic (exact) mass is 1380 g/mol. The fraction of sp³-hybridized carbons (Fsp3) is 0.160. The maximum Gasteiger partial charge on any atom is 0.258 e. The number of ketones is 2. The Bertz CT molecular complexity index is 4220. The summed E-state index contributed by atoms with van der Waals surface area (Å²) in [6.45, 7) is 19.4. The van der Waals surface area contributed by atoms with Gasteiger partial charge in [-0.25, -0.2) is 0 Å². The molecule has 8 N–H and O–H groups in total. The van der Waals surface area contributed by atoms with E-state index in [2.05, 4.69) is 92.1 Å². The molecule has 5 heterocycles. The lowest BCUT2D eigenvalue weighted by Gasteiger charge is -2.23. The molecule has 11 nitrogen and oxygen atoms in total. The highest BCUT2D eigenvalue weighted by Gasteiger charge is 2.28. The summed E-state index contributed by atoms with van der Waals surface area (Å²) in [5, 5.41) is 56.7. The maximum absolute atomic E-state index is 12.3. The van der Waals surface area contributed by atoms with E-state index in [-0.39, 0.29) is 46.4 Å². The summed E-state index contributed by atoms with van der Waals surface area (Å²) in [5.41, 5.74) is 13.0. The van der Waals surface area contributed by atoms with Crippen LogP contribution < -0.4 is 5.73 Å². The molecule has 472 valence electrons. The number of nitrogens with two attached hydrogens (primary N) is 1. The first-order valence-corrected chi connectivity index (χ1v) is 34.0. The molecule has 0 aliphatic heterocycles. The van der Waals surface area contributed by atoms with E-state index in [4.69, 9.17) is 5.73 Å². The van der Waals surface area contributed by atoms with Crippen molar-refractivity contribution in [3.8, 4) is 0 Å². The van der Waals surface area contributed by atoms with Crippen LogP contribution in [0.3, 0.4) is 0 Å². The number of aliphatic hydroxyl groups excluding tert-OH is 6. The van der Waals surface area contributed by atoms with E-state index >= 15 is 0 Å². The summed E-state index contributed by atoms with van der Waals surface area (Å²) in [6, 6.07) is 56.2. The lowest BCUT2D eigenvalue weighted by Crippen LogP contribution is -2.20. The molecule has 92 heavy (non-hydrogen) atoms. The van der Waals surface area contributed by atoms with E-state index in [1.165, 1.54) is 68.6 Å². The number of primary amides is 1. The van der Waals surface area contributed by atoms with Gasteiger partial charge in [-0.05, 0) is 152 Å². The number of hydrogen-bond donors (Lipinski definition) is 7. The summed E-state index contributed by atoms with van der Waals surface area (Å²) in [4.78, 5) is 46.8. The Morgan fingerprint density at radius 2 is 0.859 bits per heavy atom. The van der Waals surface area contributed by atoms with Gasteiger partial charge in [-0.1, -0.05) is 154 Å². The normalized spacial score (nSPS) is 12.8. The van der Waals surface area contributed by atoms with Gasteiger partial charge in [0, 0.05) is 74.6 Å². The van der Waals surface area contributed by atoms with Gasteiger partial charge in [0.05, 0.1) is 24.5 Å². The van der Waals surface area contributed by atoms with Crippen molar-refractivity contribution in [1.29, 1.82) is 0 Å².